The minimum Gasteiger partial charge on any atom is -0.385 e. The summed E-state index contributed by atoms with van der Waals surface area (Å²) in [5.74, 6) is 0.0224. The SMILES string of the molecule is CCCCC(CC)NC(=O)c1cc(-c2csc(C)n2)n(CCCOC)c1C. The molecule has 1 N–H and O–H groups in total. The topological polar surface area (TPSA) is 56.2 Å². The summed E-state index contributed by atoms with van der Waals surface area (Å²) >= 11 is 1.63. The number of nitrogens with zero attached hydrogens (tertiary/aromatic N) is 2. The van der Waals surface area contributed by atoms with Crippen molar-refractivity contribution in [3.63, 3.8) is 0 Å². The Balaban J connectivity index is 2.29. The van der Waals surface area contributed by atoms with Crippen molar-refractivity contribution in [2.24, 2.45) is 0 Å². The van der Waals surface area contributed by atoms with Gasteiger partial charge in [0.05, 0.1) is 22.0 Å². The number of ether oxygens (including phenoxy) is 1. The van der Waals surface area contributed by atoms with Crippen LogP contribution < -0.4 is 5.32 Å². The van der Waals surface area contributed by atoms with Crippen molar-refractivity contribution in [1.29, 1.82) is 0 Å². The zero-order chi connectivity index (χ0) is 19.8. The van der Waals surface area contributed by atoms with Gasteiger partial charge in [-0.25, -0.2) is 4.98 Å². The molecule has 0 spiro atoms. The van der Waals surface area contributed by atoms with Crippen molar-refractivity contribution < 1.29 is 9.53 Å². The molecule has 1 amide bonds. The van der Waals surface area contributed by atoms with Crippen LogP contribution in [0.5, 0.6) is 0 Å². The highest BCUT2D eigenvalue weighted by Gasteiger charge is 2.21. The van der Waals surface area contributed by atoms with Gasteiger partial charge in [-0.3, -0.25) is 4.79 Å². The first kappa shape index (κ1) is 21.6. The molecule has 6 heteroatoms. The quantitative estimate of drug-likeness (QED) is 0.551. The van der Waals surface area contributed by atoms with Gasteiger partial charge in [-0.05, 0) is 39.2 Å². The number of aromatic nitrogens is 2. The van der Waals surface area contributed by atoms with Gasteiger partial charge in [0.15, 0.2) is 0 Å². The number of hydrogen-bond donors (Lipinski definition) is 1. The predicted octanol–water partition coefficient (Wildman–Crippen LogP) is 4.96. The van der Waals surface area contributed by atoms with E-state index in [1.807, 2.05) is 19.9 Å². The van der Waals surface area contributed by atoms with Crippen LogP contribution in [0.4, 0.5) is 0 Å². The van der Waals surface area contributed by atoms with Crippen LogP contribution in [0.15, 0.2) is 11.4 Å². The Morgan fingerprint density at radius 2 is 2.11 bits per heavy atom. The Kier molecular flexibility index (Phi) is 8.51. The average molecular weight is 392 g/mol. The van der Waals surface area contributed by atoms with Crippen molar-refractivity contribution in [3.8, 4) is 11.4 Å². The van der Waals surface area contributed by atoms with E-state index in [-0.39, 0.29) is 11.9 Å². The van der Waals surface area contributed by atoms with Gasteiger partial charge in [0.2, 0.25) is 0 Å². The third-order valence-electron chi connectivity index (χ3n) is 4.96. The van der Waals surface area contributed by atoms with Gasteiger partial charge in [-0.1, -0.05) is 26.7 Å². The molecule has 0 saturated carbocycles. The first-order valence-corrected chi connectivity index (χ1v) is 10.8. The Morgan fingerprint density at radius 1 is 1.33 bits per heavy atom. The molecule has 0 aliphatic rings. The molecule has 0 fully saturated rings. The normalized spacial score (nSPS) is 12.3. The number of methoxy groups -OCH3 is 1. The fourth-order valence-electron chi connectivity index (χ4n) is 3.32. The van der Waals surface area contributed by atoms with Crippen molar-refractivity contribution in [3.05, 3.63) is 27.7 Å². The third-order valence-corrected chi connectivity index (χ3v) is 5.73. The fourth-order valence-corrected chi connectivity index (χ4v) is 3.92. The monoisotopic (exact) mass is 391 g/mol. The number of carbonyl (C=O) groups is 1. The van der Waals surface area contributed by atoms with E-state index in [1.165, 1.54) is 0 Å². The van der Waals surface area contributed by atoms with E-state index in [9.17, 15) is 4.79 Å². The molecule has 0 aliphatic heterocycles. The van der Waals surface area contributed by atoms with Crippen molar-refractivity contribution in [2.45, 2.75) is 72.4 Å². The lowest BCUT2D eigenvalue weighted by Crippen LogP contribution is -2.34. The Bertz CT molecular complexity index is 736. The number of carbonyl (C=O) groups excluding carboxylic acids is 1. The number of amides is 1. The first-order valence-electron chi connectivity index (χ1n) is 9.94. The van der Waals surface area contributed by atoms with Crippen molar-refractivity contribution in [2.75, 3.05) is 13.7 Å². The molecule has 1 atom stereocenters. The lowest BCUT2D eigenvalue weighted by Gasteiger charge is -2.16. The van der Waals surface area contributed by atoms with Crippen LogP contribution in [0.1, 0.15) is 67.0 Å². The van der Waals surface area contributed by atoms with Crippen LogP contribution in [-0.2, 0) is 11.3 Å². The second kappa shape index (κ2) is 10.6. The van der Waals surface area contributed by atoms with Crippen LogP contribution in [0.2, 0.25) is 0 Å². The van der Waals surface area contributed by atoms with Crippen molar-refractivity contribution >= 4 is 17.2 Å². The molecular formula is C21H33N3O2S. The smallest absolute Gasteiger partial charge is 0.253 e. The lowest BCUT2D eigenvalue weighted by atomic mass is 10.1. The molecule has 0 bridgehead atoms. The molecule has 2 heterocycles. The van der Waals surface area contributed by atoms with Crippen molar-refractivity contribution in [1.82, 2.24) is 14.9 Å². The highest BCUT2D eigenvalue weighted by atomic mass is 32.1. The molecule has 2 aromatic rings. The number of nitrogens with one attached hydrogen (secondary N) is 1. The van der Waals surface area contributed by atoms with Gasteiger partial charge in [0, 0.05) is 37.4 Å². The van der Waals surface area contributed by atoms with E-state index in [0.717, 1.165) is 66.3 Å². The summed E-state index contributed by atoms with van der Waals surface area (Å²) in [5.41, 5.74) is 3.70. The summed E-state index contributed by atoms with van der Waals surface area (Å²) in [6.07, 6.45) is 5.17. The van der Waals surface area contributed by atoms with Gasteiger partial charge in [0.25, 0.3) is 5.91 Å². The predicted molar refractivity (Wildman–Crippen MR) is 113 cm³/mol. The standard InChI is InChI=1S/C21H33N3O2S/c1-6-8-10-17(7-2)23-21(25)18-13-20(19-14-27-16(4)22-19)24(15(18)3)11-9-12-26-5/h13-14,17H,6-12H2,1-5H3,(H,23,25). The maximum atomic E-state index is 13.0. The van der Waals surface area contributed by atoms with Gasteiger partial charge < -0.3 is 14.6 Å². The number of unbranched alkanes of at least 4 members (excludes halogenated alkanes) is 1. The van der Waals surface area contributed by atoms with Gasteiger partial charge in [-0.2, -0.15) is 0 Å². The number of hydrogen-bond acceptors (Lipinski definition) is 4. The molecule has 0 saturated heterocycles. The second-order valence-electron chi connectivity index (χ2n) is 7.00. The van der Waals surface area contributed by atoms with Gasteiger partial charge >= 0.3 is 0 Å². The zero-order valence-electron chi connectivity index (χ0n) is 17.3. The lowest BCUT2D eigenvalue weighted by molar-refractivity contribution is 0.0932. The highest BCUT2D eigenvalue weighted by Crippen LogP contribution is 2.27. The van der Waals surface area contributed by atoms with Gasteiger partial charge in [0.1, 0.15) is 0 Å². The average Bonchev–Trinajstić information content (AvgIpc) is 3.22. The molecule has 0 aliphatic carbocycles. The molecule has 5 nitrogen and oxygen atoms in total. The first-order chi connectivity index (χ1) is 13.0. The second-order valence-corrected chi connectivity index (χ2v) is 8.06. The highest BCUT2D eigenvalue weighted by molar-refractivity contribution is 7.09. The Morgan fingerprint density at radius 3 is 2.70 bits per heavy atom. The molecule has 0 aromatic carbocycles. The molecule has 2 rings (SSSR count). The summed E-state index contributed by atoms with van der Waals surface area (Å²) in [5, 5.41) is 6.32. The van der Waals surface area contributed by atoms with Crippen LogP contribution in [0.25, 0.3) is 11.4 Å². The molecule has 1 unspecified atom stereocenters. The van der Waals surface area contributed by atoms with Gasteiger partial charge in [-0.15, -0.1) is 11.3 Å². The van der Waals surface area contributed by atoms with E-state index in [0.29, 0.717) is 6.61 Å². The van der Waals surface area contributed by atoms with E-state index in [2.05, 4.69) is 34.1 Å². The van der Waals surface area contributed by atoms with Crippen LogP contribution in [-0.4, -0.2) is 35.2 Å². The summed E-state index contributed by atoms with van der Waals surface area (Å²) in [6.45, 7) is 9.85. The largest absolute Gasteiger partial charge is 0.385 e. The molecule has 150 valence electrons. The van der Waals surface area contributed by atoms with Crippen LogP contribution in [0, 0.1) is 13.8 Å². The van der Waals surface area contributed by atoms with E-state index >= 15 is 0 Å². The van der Waals surface area contributed by atoms with Crippen LogP contribution >= 0.6 is 11.3 Å². The summed E-state index contributed by atoms with van der Waals surface area (Å²) in [7, 11) is 1.72. The van der Waals surface area contributed by atoms with Crippen LogP contribution in [0.3, 0.4) is 0 Å². The molecule has 0 radical (unpaired) electrons. The summed E-state index contributed by atoms with van der Waals surface area (Å²) < 4.78 is 7.41. The number of aryl methyl sites for hydroxylation is 1. The maximum Gasteiger partial charge on any atom is 0.253 e. The zero-order valence-corrected chi connectivity index (χ0v) is 18.1. The minimum atomic E-state index is 0.0224. The minimum absolute atomic E-state index is 0.0224. The van der Waals surface area contributed by atoms with E-state index < -0.39 is 0 Å². The number of thiazole rings is 1. The van der Waals surface area contributed by atoms with E-state index in [4.69, 9.17) is 4.74 Å². The summed E-state index contributed by atoms with van der Waals surface area (Å²) in [4.78, 5) is 17.6. The Hall–Kier alpha value is -1.66. The summed E-state index contributed by atoms with van der Waals surface area (Å²) in [6, 6.07) is 2.23. The third kappa shape index (κ3) is 5.66. The fraction of sp³-hybridized carbons (Fsp3) is 0.619. The van der Waals surface area contributed by atoms with E-state index in [1.54, 1.807) is 18.4 Å². The molecule has 2 aromatic heterocycles. The molecule has 27 heavy (non-hydrogen) atoms. The Labute approximate surface area is 167 Å². The molecular weight excluding hydrogens is 358 g/mol. The number of rotatable bonds is 11. The maximum absolute atomic E-state index is 13.0.